The number of nitrogens with one attached hydrogen (secondary N) is 2. The number of anilines is 4. The van der Waals surface area contributed by atoms with Gasteiger partial charge in [-0.2, -0.15) is 18.2 Å². The van der Waals surface area contributed by atoms with Crippen LogP contribution in [-0.4, -0.2) is 49.9 Å². The molecular formula is C28H38F3N6O5PS. The summed E-state index contributed by atoms with van der Waals surface area (Å²) in [6.45, 7) is 4.48. The molecule has 0 aliphatic carbocycles. The molecular weight excluding hydrogens is 620 g/mol. The fourth-order valence-electron chi connectivity index (χ4n) is 3.84. The molecule has 0 fully saturated rings. The maximum Gasteiger partial charge on any atom is 0.421 e. The van der Waals surface area contributed by atoms with Crippen LogP contribution < -0.4 is 14.9 Å². The molecule has 0 saturated heterocycles. The Kier molecular flexibility index (Phi) is 12.5. The molecule has 1 aromatic carbocycles. The zero-order valence-electron chi connectivity index (χ0n) is 25.1. The third-order valence-electron chi connectivity index (χ3n) is 6.36. The Labute approximate surface area is 256 Å². The number of nitrogens with zero attached hydrogens (tertiary/aromatic N) is 4. The Balaban J connectivity index is 1.78. The van der Waals surface area contributed by atoms with Crippen LogP contribution in [0.2, 0.25) is 0 Å². The SMILES string of the molecule is CCCCOP(=O)(Cc1ccc(Nc2ncc(C(F)(F)F)c(NCc3cccnc3N(C)S(C)(=O)=O)n2)cc1)OCCCC. The van der Waals surface area contributed by atoms with Gasteiger partial charge in [-0.15, -0.1) is 0 Å². The Hall–Kier alpha value is -3.26. The lowest BCUT2D eigenvalue weighted by Crippen LogP contribution is -2.27. The second-order valence-corrected chi connectivity index (χ2v) is 14.1. The molecule has 242 valence electrons. The second kappa shape index (κ2) is 15.6. The van der Waals surface area contributed by atoms with Crippen LogP contribution in [-0.2, 0) is 42.5 Å². The topological polar surface area (TPSA) is 136 Å². The first kappa shape index (κ1) is 35.2. The zero-order valence-corrected chi connectivity index (χ0v) is 26.8. The molecule has 3 aromatic rings. The van der Waals surface area contributed by atoms with Crippen molar-refractivity contribution in [3.8, 4) is 0 Å². The summed E-state index contributed by atoms with van der Waals surface area (Å²) in [4.78, 5) is 12.0. The summed E-state index contributed by atoms with van der Waals surface area (Å²) in [5.74, 6) is -0.540. The van der Waals surface area contributed by atoms with Crippen molar-refractivity contribution in [2.75, 3.05) is 41.5 Å². The van der Waals surface area contributed by atoms with Crippen molar-refractivity contribution in [3.05, 3.63) is 65.5 Å². The van der Waals surface area contributed by atoms with Crippen LogP contribution in [0.3, 0.4) is 0 Å². The molecule has 2 aromatic heterocycles. The largest absolute Gasteiger partial charge is 0.421 e. The summed E-state index contributed by atoms with van der Waals surface area (Å²) >= 11 is 0. The van der Waals surface area contributed by atoms with E-state index in [0.717, 1.165) is 36.2 Å². The van der Waals surface area contributed by atoms with Crippen molar-refractivity contribution in [2.45, 2.75) is 58.4 Å². The molecule has 0 saturated carbocycles. The van der Waals surface area contributed by atoms with Gasteiger partial charge in [0.2, 0.25) is 16.0 Å². The van der Waals surface area contributed by atoms with Crippen LogP contribution in [0.25, 0.3) is 0 Å². The predicted octanol–water partition coefficient (Wildman–Crippen LogP) is 6.97. The molecule has 11 nitrogen and oxygen atoms in total. The molecule has 0 aliphatic heterocycles. The van der Waals surface area contributed by atoms with E-state index in [2.05, 4.69) is 25.6 Å². The standard InChI is InChI=1S/C28H38F3N6O5PS/c1-5-7-16-41-43(38,42-17-8-6-2)20-21-11-13-23(14-12-21)35-27-34-19-24(28(29,30)31)25(36-27)33-18-22-10-9-15-32-26(22)37(3)44(4,39)40/h9-15,19H,5-8,16-18,20H2,1-4H3,(H2,33,34,35,36). The number of rotatable bonds is 17. The van der Waals surface area contributed by atoms with E-state index >= 15 is 0 Å². The summed E-state index contributed by atoms with van der Waals surface area (Å²) in [5.41, 5.74) is 0.431. The molecule has 0 amide bonds. The van der Waals surface area contributed by atoms with Gasteiger partial charge < -0.3 is 19.7 Å². The van der Waals surface area contributed by atoms with Crippen molar-refractivity contribution in [2.24, 2.45) is 0 Å². The smallest absolute Gasteiger partial charge is 0.365 e. The predicted molar refractivity (Wildman–Crippen MR) is 165 cm³/mol. The maximum atomic E-state index is 13.8. The van der Waals surface area contributed by atoms with Crippen molar-refractivity contribution in [1.82, 2.24) is 15.0 Å². The Morgan fingerprint density at radius 3 is 2.20 bits per heavy atom. The van der Waals surface area contributed by atoms with Crippen LogP contribution in [0.5, 0.6) is 0 Å². The van der Waals surface area contributed by atoms with Crippen molar-refractivity contribution in [3.63, 3.8) is 0 Å². The molecule has 0 spiro atoms. The lowest BCUT2D eigenvalue weighted by molar-refractivity contribution is -0.137. The third kappa shape index (κ3) is 10.4. The van der Waals surface area contributed by atoms with Crippen molar-refractivity contribution < 1.29 is 35.2 Å². The van der Waals surface area contributed by atoms with Gasteiger partial charge in [0, 0.05) is 37.2 Å². The van der Waals surface area contributed by atoms with E-state index < -0.39 is 35.2 Å². The van der Waals surface area contributed by atoms with Crippen molar-refractivity contribution >= 4 is 40.9 Å². The maximum absolute atomic E-state index is 13.8. The highest BCUT2D eigenvalue weighted by Gasteiger charge is 2.35. The molecule has 0 radical (unpaired) electrons. The van der Waals surface area contributed by atoms with E-state index in [1.165, 1.54) is 13.2 Å². The minimum Gasteiger partial charge on any atom is -0.365 e. The first-order valence-electron chi connectivity index (χ1n) is 14.1. The number of unbranched alkanes of at least 4 members (excludes halogenated alkanes) is 2. The lowest BCUT2D eigenvalue weighted by Gasteiger charge is -2.20. The van der Waals surface area contributed by atoms with Gasteiger partial charge in [0.1, 0.15) is 17.2 Å². The highest BCUT2D eigenvalue weighted by molar-refractivity contribution is 7.92. The molecule has 0 atom stereocenters. The van der Waals surface area contributed by atoms with E-state index in [1.54, 1.807) is 36.4 Å². The molecule has 0 unspecified atom stereocenters. The average molecular weight is 659 g/mol. The highest BCUT2D eigenvalue weighted by Crippen LogP contribution is 2.51. The molecule has 44 heavy (non-hydrogen) atoms. The summed E-state index contributed by atoms with van der Waals surface area (Å²) < 4.78 is 91.0. The lowest BCUT2D eigenvalue weighted by atomic mass is 10.2. The van der Waals surface area contributed by atoms with Gasteiger partial charge in [-0.05, 0) is 36.6 Å². The fraction of sp³-hybridized carbons (Fsp3) is 0.464. The molecule has 3 rings (SSSR count). The highest BCUT2D eigenvalue weighted by atomic mass is 32.2. The number of hydrogen-bond donors (Lipinski definition) is 2. The molecule has 2 heterocycles. The van der Waals surface area contributed by atoms with Crippen LogP contribution in [0.4, 0.5) is 36.4 Å². The molecule has 16 heteroatoms. The molecule has 2 N–H and O–H groups in total. The van der Waals surface area contributed by atoms with E-state index in [1.807, 2.05) is 13.8 Å². The van der Waals surface area contributed by atoms with Crippen LogP contribution in [0.1, 0.15) is 56.2 Å². The third-order valence-corrected chi connectivity index (χ3v) is 9.43. The van der Waals surface area contributed by atoms with Crippen LogP contribution in [0, 0.1) is 0 Å². The number of hydrogen-bond acceptors (Lipinski definition) is 10. The van der Waals surface area contributed by atoms with Crippen molar-refractivity contribution in [1.29, 1.82) is 0 Å². The monoisotopic (exact) mass is 658 g/mol. The normalized spacial score (nSPS) is 12.2. The second-order valence-electron chi connectivity index (χ2n) is 9.99. The van der Waals surface area contributed by atoms with Crippen LogP contribution >= 0.6 is 7.60 Å². The quantitative estimate of drug-likeness (QED) is 0.116. The van der Waals surface area contributed by atoms with Gasteiger partial charge in [0.05, 0.1) is 25.6 Å². The minimum absolute atomic E-state index is 0.0691. The van der Waals surface area contributed by atoms with Gasteiger partial charge in [-0.1, -0.05) is 44.9 Å². The number of benzene rings is 1. The summed E-state index contributed by atoms with van der Waals surface area (Å²) in [6, 6.07) is 9.85. The van der Waals surface area contributed by atoms with E-state index in [9.17, 15) is 26.2 Å². The van der Waals surface area contributed by atoms with Gasteiger partial charge in [-0.3, -0.25) is 8.87 Å². The van der Waals surface area contributed by atoms with Gasteiger partial charge >= 0.3 is 13.8 Å². The van der Waals surface area contributed by atoms with E-state index in [4.69, 9.17) is 9.05 Å². The number of sulfonamides is 1. The molecule has 0 bridgehead atoms. The first-order chi connectivity index (χ1) is 20.8. The summed E-state index contributed by atoms with van der Waals surface area (Å²) in [7, 11) is -5.72. The van der Waals surface area contributed by atoms with Gasteiger partial charge in [0.15, 0.2) is 0 Å². The average Bonchev–Trinajstić information content (AvgIpc) is 2.96. The Morgan fingerprint density at radius 2 is 1.64 bits per heavy atom. The minimum atomic E-state index is -4.75. The number of aromatic nitrogens is 3. The van der Waals surface area contributed by atoms with Crippen LogP contribution in [0.15, 0.2) is 48.8 Å². The summed E-state index contributed by atoms with van der Waals surface area (Å²) in [6.07, 6.45) is 1.68. The van der Waals surface area contributed by atoms with E-state index in [0.29, 0.717) is 36.2 Å². The molecule has 0 aliphatic rings. The number of pyridine rings is 1. The zero-order chi connectivity index (χ0) is 32.4. The number of halogens is 3. The Morgan fingerprint density at radius 1 is 1.00 bits per heavy atom. The first-order valence-corrected chi connectivity index (χ1v) is 17.6. The number of alkyl halides is 3. The Bertz CT molecular complexity index is 1510. The fourth-order valence-corrected chi connectivity index (χ4v) is 6.05. The van der Waals surface area contributed by atoms with Gasteiger partial charge in [0.25, 0.3) is 0 Å². The van der Waals surface area contributed by atoms with Gasteiger partial charge in [-0.25, -0.2) is 18.4 Å². The summed E-state index contributed by atoms with van der Waals surface area (Å²) in [5, 5.41) is 5.54. The van der Waals surface area contributed by atoms with E-state index in [-0.39, 0.29) is 24.5 Å².